The van der Waals surface area contributed by atoms with E-state index < -0.39 is 12.1 Å². The van der Waals surface area contributed by atoms with Crippen molar-refractivity contribution >= 4 is 11.9 Å². The molecule has 2 fully saturated rings. The van der Waals surface area contributed by atoms with Gasteiger partial charge in [0.2, 0.25) is 5.91 Å². The van der Waals surface area contributed by atoms with Crippen molar-refractivity contribution in [2.75, 3.05) is 6.54 Å². The molecule has 1 saturated heterocycles. The maximum absolute atomic E-state index is 12.1. The fraction of sp³-hybridized carbons (Fsp3) is 0.500. The quantitative estimate of drug-likeness (QED) is 0.711. The summed E-state index contributed by atoms with van der Waals surface area (Å²) in [5.41, 5.74) is 1.28. The Kier molecular flexibility index (Phi) is 5.53. The lowest BCUT2D eigenvalue weighted by molar-refractivity contribution is -0.128. The van der Waals surface area contributed by atoms with Crippen molar-refractivity contribution in [3.63, 3.8) is 0 Å². The molecular formula is C20H25NO4. The van der Waals surface area contributed by atoms with E-state index in [-0.39, 0.29) is 17.5 Å². The highest BCUT2D eigenvalue weighted by molar-refractivity contribution is 5.87. The average Bonchev–Trinajstić information content (AvgIpc) is 3.33. The van der Waals surface area contributed by atoms with Crippen molar-refractivity contribution in [3.8, 4) is 0 Å². The van der Waals surface area contributed by atoms with Crippen LogP contribution in [-0.2, 0) is 11.2 Å². The highest BCUT2D eigenvalue weighted by Gasteiger charge is 2.29. The van der Waals surface area contributed by atoms with E-state index in [2.05, 4.69) is 0 Å². The molecule has 0 bridgehead atoms. The number of carbonyl (C=O) groups is 2. The van der Waals surface area contributed by atoms with E-state index in [1.165, 1.54) is 12.8 Å². The molecule has 1 aliphatic carbocycles. The van der Waals surface area contributed by atoms with Gasteiger partial charge in [-0.25, -0.2) is 4.79 Å². The number of hydrogen-bond acceptors (Lipinski definition) is 3. The molecular weight excluding hydrogens is 318 g/mol. The van der Waals surface area contributed by atoms with E-state index in [1.807, 2.05) is 17.1 Å². The van der Waals surface area contributed by atoms with E-state index in [1.54, 1.807) is 24.3 Å². The van der Waals surface area contributed by atoms with E-state index in [0.717, 1.165) is 18.4 Å². The van der Waals surface area contributed by atoms with E-state index in [9.17, 15) is 14.7 Å². The number of aromatic carboxylic acids is 1. The smallest absolute Gasteiger partial charge is 0.335 e. The number of likely N-dealkylation sites (tertiary alicyclic amines) is 1. The summed E-state index contributed by atoms with van der Waals surface area (Å²) in [7, 11) is 0. The Morgan fingerprint density at radius 1 is 1.24 bits per heavy atom. The van der Waals surface area contributed by atoms with Crippen LogP contribution in [0.25, 0.3) is 0 Å². The van der Waals surface area contributed by atoms with Gasteiger partial charge >= 0.3 is 5.97 Å². The molecule has 5 heteroatoms. The number of rotatable bonds is 8. The monoisotopic (exact) mass is 343 g/mol. The predicted molar refractivity (Wildman–Crippen MR) is 94.3 cm³/mol. The second kappa shape index (κ2) is 7.83. The highest BCUT2D eigenvalue weighted by atomic mass is 16.4. The van der Waals surface area contributed by atoms with Gasteiger partial charge in [-0.05, 0) is 42.9 Å². The third kappa shape index (κ3) is 4.92. The number of hydrogen-bond donors (Lipinski definition) is 2. The average molecular weight is 343 g/mol. The Bertz CT molecular complexity index is 648. The normalized spacial score (nSPS) is 21.9. The number of aliphatic hydroxyl groups excluding tert-OH is 1. The Morgan fingerprint density at radius 3 is 2.60 bits per heavy atom. The number of carbonyl (C=O) groups excluding carboxylic acids is 1. The topological polar surface area (TPSA) is 77.8 Å². The van der Waals surface area contributed by atoms with Crippen LogP contribution >= 0.6 is 0 Å². The third-order valence-electron chi connectivity index (χ3n) is 5.04. The van der Waals surface area contributed by atoms with E-state index in [4.69, 9.17) is 5.11 Å². The van der Waals surface area contributed by atoms with Crippen LogP contribution in [0, 0.1) is 5.92 Å². The first-order chi connectivity index (χ1) is 12.0. The largest absolute Gasteiger partial charge is 0.478 e. The fourth-order valence-electron chi connectivity index (χ4n) is 3.34. The van der Waals surface area contributed by atoms with Gasteiger partial charge in [0, 0.05) is 13.0 Å². The van der Waals surface area contributed by atoms with Crippen molar-refractivity contribution < 1.29 is 19.8 Å². The molecule has 0 unspecified atom stereocenters. The van der Waals surface area contributed by atoms with Gasteiger partial charge in [0.15, 0.2) is 0 Å². The van der Waals surface area contributed by atoms with Crippen LogP contribution in [0.5, 0.6) is 0 Å². The van der Waals surface area contributed by atoms with Gasteiger partial charge < -0.3 is 15.1 Å². The van der Waals surface area contributed by atoms with Crippen molar-refractivity contribution in [1.82, 2.24) is 4.90 Å². The van der Waals surface area contributed by atoms with Crippen LogP contribution in [0.1, 0.15) is 48.0 Å². The van der Waals surface area contributed by atoms with Crippen LogP contribution in [0.15, 0.2) is 36.4 Å². The first kappa shape index (κ1) is 17.7. The van der Waals surface area contributed by atoms with E-state index >= 15 is 0 Å². The second-order valence-electron chi connectivity index (χ2n) is 7.08. The summed E-state index contributed by atoms with van der Waals surface area (Å²) in [6, 6.07) is 6.84. The predicted octanol–water partition coefficient (Wildman–Crippen LogP) is 2.64. The number of amides is 1. The summed E-state index contributed by atoms with van der Waals surface area (Å²) in [5, 5.41) is 18.9. The Labute approximate surface area is 148 Å². The molecule has 1 aromatic rings. The number of aliphatic hydroxyl groups is 1. The van der Waals surface area contributed by atoms with Gasteiger partial charge in [-0.3, -0.25) is 4.79 Å². The molecule has 1 amide bonds. The van der Waals surface area contributed by atoms with Crippen LogP contribution in [0.2, 0.25) is 0 Å². The number of nitrogens with zero attached hydrogens (tertiary/aromatic N) is 1. The molecule has 134 valence electrons. The molecule has 2 N–H and O–H groups in total. The number of carboxylic acid groups (broad SMARTS) is 1. The van der Waals surface area contributed by atoms with E-state index in [0.29, 0.717) is 25.3 Å². The summed E-state index contributed by atoms with van der Waals surface area (Å²) in [6.45, 7) is 0.610. The van der Waals surface area contributed by atoms with Crippen LogP contribution in [0.4, 0.5) is 0 Å². The maximum atomic E-state index is 12.1. The minimum absolute atomic E-state index is 0.0552. The number of carboxylic acids is 1. The van der Waals surface area contributed by atoms with Gasteiger partial charge in [-0.2, -0.15) is 0 Å². The first-order valence-electron chi connectivity index (χ1n) is 9.01. The van der Waals surface area contributed by atoms with Gasteiger partial charge in [-0.15, -0.1) is 0 Å². The lowest BCUT2D eigenvalue weighted by Crippen LogP contribution is -2.33. The van der Waals surface area contributed by atoms with Crippen molar-refractivity contribution in [2.45, 2.75) is 50.7 Å². The second-order valence-corrected chi connectivity index (χ2v) is 7.08. The SMILES string of the molecule is O=C(O)c1ccc(CCN2C(=O)CC[C@@H]2/C=C/[C@H](O)CC2CC2)cc1. The molecule has 1 saturated carbocycles. The summed E-state index contributed by atoms with van der Waals surface area (Å²) in [6.07, 6.45) is 8.72. The molecule has 0 spiro atoms. The summed E-state index contributed by atoms with van der Waals surface area (Å²) >= 11 is 0. The third-order valence-corrected chi connectivity index (χ3v) is 5.04. The number of benzene rings is 1. The fourth-order valence-corrected chi connectivity index (χ4v) is 3.34. The first-order valence-corrected chi connectivity index (χ1v) is 9.01. The van der Waals surface area contributed by atoms with Gasteiger partial charge in [0.1, 0.15) is 0 Å². The lowest BCUT2D eigenvalue weighted by atomic mass is 10.1. The highest BCUT2D eigenvalue weighted by Crippen LogP contribution is 2.33. The summed E-state index contributed by atoms with van der Waals surface area (Å²) in [4.78, 5) is 24.9. The maximum Gasteiger partial charge on any atom is 0.335 e. The Morgan fingerprint density at radius 2 is 1.96 bits per heavy atom. The molecule has 25 heavy (non-hydrogen) atoms. The summed E-state index contributed by atoms with van der Waals surface area (Å²) in [5.74, 6) is -0.112. The van der Waals surface area contributed by atoms with Crippen molar-refractivity contribution in [1.29, 1.82) is 0 Å². The molecule has 2 aliphatic rings. The van der Waals surface area contributed by atoms with Crippen LogP contribution < -0.4 is 0 Å². The van der Waals surface area contributed by atoms with Gasteiger partial charge in [-0.1, -0.05) is 37.1 Å². The lowest BCUT2D eigenvalue weighted by Gasteiger charge is -2.22. The molecule has 1 aromatic carbocycles. The molecule has 2 atom stereocenters. The standard InChI is InChI=1S/C20H25NO4/c22-18(13-15-1-2-15)9-7-17-8-10-19(23)21(17)12-11-14-3-5-16(6-4-14)20(24)25/h3-7,9,15,17-18,22H,1-2,8,10-13H2,(H,24,25)/b9-7+/t17-,18-/m0/s1. The van der Waals surface area contributed by atoms with Gasteiger partial charge in [0.25, 0.3) is 0 Å². The minimum Gasteiger partial charge on any atom is -0.478 e. The Hall–Kier alpha value is -2.14. The van der Waals surface area contributed by atoms with Crippen molar-refractivity contribution in [2.24, 2.45) is 5.92 Å². The van der Waals surface area contributed by atoms with Crippen LogP contribution in [0.3, 0.4) is 0 Å². The molecule has 3 rings (SSSR count). The Balaban J connectivity index is 1.54. The molecule has 1 aliphatic heterocycles. The zero-order chi connectivity index (χ0) is 17.8. The molecule has 0 radical (unpaired) electrons. The molecule has 0 aromatic heterocycles. The van der Waals surface area contributed by atoms with Crippen molar-refractivity contribution in [3.05, 3.63) is 47.5 Å². The molecule has 1 heterocycles. The minimum atomic E-state index is -0.934. The summed E-state index contributed by atoms with van der Waals surface area (Å²) < 4.78 is 0. The zero-order valence-corrected chi connectivity index (χ0v) is 14.3. The zero-order valence-electron chi connectivity index (χ0n) is 14.3. The van der Waals surface area contributed by atoms with Gasteiger partial charge in [0.05, 0.1) is 17.7 Å². The van der Waals surface area contributed by atoms with Crippen LogP contribution in [-0.4, -0.2) is 45.7 Å². The molecule has 5 nitrogen and oxygen atoms in total.